The van der Waals surface area contributed by atoms with E-state index in [4.69, 9.17) is 0 Å². The third kappa shape index (κ3) is 3.01. The van der Waals surface area contributed by atoms with E-state index in [1.54, 1.807) is 0 Å². The lowest BCUT2D eigenvalue weighted by molar-refractivity contribution is 0.158. The molecule has 1 saturated carbocycles. The number of piperidine rings is 1. The van der Waals surface area contributed by atoms with Gasteiger partial charge in [-0.15, -0.1) is 0 Å². The van der Waals surface area contributed by atoms with Crippen molar-refractivity contribution in [3.8, 4) is 0 Å². The molecule has 1 aliphatic carbocycles. The third-order valence-electron chi connectivity index (χ3n) is 4.69. The molecular formula is C14H27N3. The minimum Gasteiger partial charge on any atom is -0.313 e. The van der Waals surface area contributed by atoms with Crippen LogP contribution in [0.5, 0.6) is 0 Å². The summed E-state index contributed by atoms with van der Waals surface area (Å²) in [5.74, 6) is 0. The van der Waals surface area contributed by atoms with Gasteiger partial charge in [-0.2, -0.15) is 0 Å². The molecule has 1 N–H and O–H groups in total. The maximum absolute atomic E-state index is 3.71. The molecule has 0 spiro atoms. The molecule has 0 radical (unpaired) electrons. The van der Waals surface area contributed by atoms with Crippen LogP contribution in [0.1, 0.15) is 38.5 Å². The smallest absolute Gasteiger partial charge is 0.0238 e. The molecule has 2 aliphatic heterocycles. The second-order valence-corrected chi connectivity index (χ2v) is 6.28. The number of likely N-dealkylation sites (N-methyl/N-ethyl adjacent to an activating group) is 1. The maximum Gasteiger partial charge on any atom is 0.0238 e. The van der Waals surface area contributed by atoms with Crippen LogP contribution in [0, 0.1) is 0 Å². The highest BCUT2D eigenvalue weighted by Gasteiger charge is 2.37. The van der Waals surface area contributed by atoms with Crippen LogP contribution in [0.2, 0.25) is 0 Å². The Hall–Kier alpha value is -0.120. The van der Waals surface area contributed by atoms with Gasteiger partial charge in [0.2, 0.25) is 0 Å². The molecule has 98 valence electrons. The highest BCUT2D eigenvalue weighted by molar-refractivity contribution is 4.94. The standard InChI is InChI=1S/C14H27N3/c1-16-9-7-14(11-16)17(13-5-6-13)10-12-4-2-3-8-15-12/h12-15H,2-11H2,1H3. The minimum absolute atomic E-state index is 0.773. The Balaban J connectivity index is 1.56. The first-order chi connectivity index (χ1) is 8.33. The number of rotatable bonds is 4. The van der Waals surface area contributed by atoms with E-state index in [-0.39, 0.29) is 0 Å². The molecule has 2 unspecified atom stereocenters. The molecule has 3 nitrogen and oxygen atoms in total. The molecular weight excluding hydrogens is 210 g/mol. The zero-order valence-corrected chi connectivity index (χ0v) is 11.2. The molecule has 0 aromatic carbocycles. The minimum atomic E-state index is 0.773. The Labute approximate surface area is 106 Å². The fourth-order valence-corrected chi connectivity index (χ4v) is 3.52. The van der Waals surface area contributed by atoms with Crippen LogP contribution in [0.15, 0.2) is 0 Å². The molecule has 3 heteroatoms. The fraction of sp³-hybridized carbons (Fsp3) is 1.00. The van der Waals surface area contributed by atoms with Crippen molar-refractivity contribution in [2.75, 3.05) is 33.2 Å². The van der Waals surface area contributed by atoms with Gasteiger partial charge in [-0.05, 0) is 52.2 Å². The van der Waals surface area contributed by atoms with Crippen molar-refractivity contribution in [3.63, 3.8) is 0 Å². The average molecular weight is 237 g/mol. The first-order valence-corrected chi connectivity index (χ1v) is 7.50. The highest BCUT2D eigenvalue weighted by Crippen LogP contribution is 2.31. The highest BCUT2D eigenvalue weighted by atomic mass is 15.3. The summed E-state index contributed by atoms with van der Waals surface area (Å²) in [4.78, 5) is 5.33. The van der Waals surface area contributed by atoms with Gasteiger partial charge in [-0.1, -0.05) is 6.42 Å². The van der Waals surface area contributed by atoms with Crippen LogP contribution >= 0.6 is 0 Å². The number of nitrogens with zero attached hydrogens (tertiary/aromatic N) is 2. The molecule has 3 aliphatic rings. The molecule has 3 rings (SSSR count). The molecule has 2 atom stereocenters. The largest absolute Gasteiger partial charge is 0.313 e. The van der Waals surface area contributed by atoms with Gasteiger partial charge in [0.1, 0.15) is 0 Å². The van der Waals surface area contributed by atoms with Crippen LogP contribution in [0.3, 0.4) is 0 Å². The van der Waals surface area contributed by atoms with Crippen molar-refractivity contribution < 1.29 is 0 Å². The van der Waals surface area contributed by atoms with Crippen molar-refractivity contribution in [2.45, 2.75) is 56.7 Å². The molecule has 2 heterocycles. The molecule has 0 aromatic heterocycles. The monoisotopic (exact) mass is 237 g/mol. The van der Waals surface area contributed by atoms with Crippen LogP contribution in [-0.4, -0.2) is 61.2 Å². The molecule has 0 amide bonds. The zero-order valence-electron chi connectivity index (χ0n) is 11.2. The predicted molar refractivity (Wildman–Crippen MR) is 71.3 cm³/mol. The zero-order chi connectivity index (χ0) is 11.7. The number of nitrogens with one attached hydrogen (secondary N) is 1. The Bertz CT molecular complexity index is 246. The van der Waals surface area contributed by atoms with E-state index >= 15 is 0 Å². The van der Waals surface area contributed by atoms with Crippen LogP contribution in [0.25, 0.3) is 0 Å². The number of likely N-dealkylation sites (tertiary alicyclic amines) is 1. The second kappa shape index (κ2) is 5.25. The van der Waals surface area contributed by atoms with Gasteiger partial charge in [-0.25, -0.2) is 0 Å². The van der Waals surface area contributed by atoms with Gasteiger partial charge in [0, 0.05) is 31.2 Å². The van der Waals surface area contributed by atoms with E-state index in [0.29, 0.717) is 0 Å². The number of hydrogen-bond donors (Lipinski definition) is 1. The summed E-state index contributed by atoms with van der Waals surface area (Å²) >= 11 is 0. The van der Waals surface area contributed by atoms with Crippen molar-refractivity contribution in [1.29, 1.82) is 0 Å². The average Bonchev–Trinajstić information content (AvgIpc) is 3.10. The van der Waals surface area contributed by atoms with Crippen molar-refractivity contribution in [3.05, 3.63) is 0 Å². The first kappa shape index (κ1) is 11.9. The lowest BCUT2D eigenvalue weighted by Crippen LogP contribution is -2.48. The molecule has 2 saturated heterocycles. The normalized spacial score (nSPS) is 35.6. The summed E-state index contributed by atoms with van der Waals surface area (Å²) in [6, 6.07) is 2.54. The van der Waals surface area contributed by atoms with Gasteiger partial charge < -0.3 is 10.2 Å². The summed E-state index contributed by atoms with van der Waals surface area (Å²) in [5, 5.41) is 3.71. The summed E-state index contributed by atoms with van der Waals surface area (Å²) in [6.07, 6.45) is 8.50. The maximum atomic E-state index is 3.71. The van der Waals surface area contributed by atoms with E-state index in [1.807, 2.05) is 0 Å². The summed E-state index contributed by atoms with van der Waals surface area (Å²) in [6.45, 7) is 5.14. The fourth-order valence-electron chi connectivity index (χ4n) is 3.52. The van der Waals surface area contributed by atoms with E-state index in [2.05, 4.69) is 22.2 Å². The van der Waals surface area contributed by atoms with E-state index in [0.717, 1.165) is 18.1 Å². The van der Waals surface area contributed by atoms with Crippen LogP contribution in [0.4, 0.5) is 0 Å². The van der Waals surface area contributed by atoms with Gasteiger partial charge in [-0.3, -0.25) is 4.90 Å². The molecule has 3 fully saturated rings. The lowest BCUT2D eigenvalue weighted by Gasteiger charge is -2.34. The lowest BCUT2D eigenvalue weighted by atomic mass is 10.0. The van der Waals surface area contributed by atoms with Gasteiger partial charge in [0.25, 0.3) is 0 Å². The van der Waals surface area contributed by atoms with Gasteiger partial charge in [0.05, 0.1) is 0 Å². The predicted octanol–water partition coefficient (Wildman–Crippen LogP) is 1.30. The quantitative estimate of drug-likeness (QED) is 0.795. The first-order valence-electron chi connectivity index (χ1n) is 7.50. The Morgan fingerprint density at radius 1 is 1.12 bits per heavy atom. The van der Waals surface area contributed by atoms with E-state index in [9.17, 15) is 0 Å². The SMILES string of the molecule is CN1CCC(N(CC2CCCCN2)C2CC2)C1. The Morgan fingerprint density at radius 2 is 2.00 bits per heavy atom. The Kier molecular flexibility index (Phi) is 3.69. The summed E-state index contributed by atoms with van der Waals surface area (Å²) in [7, 11) is 2.27. The third-order valence-corrected chi connectivity index (χ3v) is 4.69. The van der Waals surface area contributed by atoms with Crippen LogP contribution in [-0.2, 0) is 0 Å². The molecule has 0 bridgehead atoms. The van der Waals surface area contributed by atoms with Gasteiger partial charge in [0.15, 0.2) is 0 Å². The van der Waals surface area contributed by atoms with Crippen LogP contribution < -0.4 is 5.32 Å². The number of hydrogen-bond acceptors (Lipinski definition) is 3. The van der Waals surface area contributed by atoms with Gasteiger partial charge >= 0.3 is 0 Å². The summed E-state index contributed by atoms with van der Waals surface area (Å²) < 4.78 is 0. The van der Waals surface area contributed by atoms with E-state index in [1.165, 1.54) is 64.7 Å². The van der Waals surface area contributed by atoms with Crippen molar-refractivity contribution >= 4 is 0 Å². The van der Waals surface area contributed by atoms with E-state index < -0.39 is 0 Å². The topological polar surface area (TPSA) is 18.5 Å². The van der Waals surface area contributed by atoms with Crippen molar-refractivity contribution in [2.24, 2.45) is 0 Å². The molecule has 0 aromatic rings. The summed E-state index contributed by atoms with van der Waals surface area (Å²) in [5.41, 5.74) is 0. The second-order valence-electron chi connectivity index (χ2n) is 6.28. The molecule has 17 heavy (non-hydrogen) atoms. The van der Waals surface area contributed by atoms with Crippen molar-refractivity contribution in [1.82, 2.24) is 15.1 Å². The Morgan fingerprint density at radius 3 is 2.59 bits per heavy atom.